The van der Waals surface area contributed by atoms with Gasteiger partial charge >= 0.3 is 0 Å². The molecule has 2 heterocycles. The van der Waals surface area contributed by atoms with E-state index in [1.807, 2.05) is 23.1 Å². The summed E-state index contributed by atoms with van der Waals surface area (Å²) in [5.41, 5.74) is 2.39. The number of piperazine rings is 1. The van der Waals surface area contributed by atoms with E-state index in [4.69, 9.17) is 16.3 Å². The lowest BCUT2D eigenvalue weighted by Crippen LogP contribution is -2.51. The number of aryl methyl sites for hydroxylation is 1. The second-order valence-corrected chi connectivity index (χ2v) is 6.18. The van der Waals surface area contributed by atoms with E-state index in [2.05, 4.69) is 11.8 Å². The van der Waals surface area contributed by atoms with Crippen molar-refractivity contribution in [2.75, 3.05) is 37.7 Å². The van der Waals surface area contributed by atoms with Crippen LogP contribution in [0.25, 0.3) is 0 Å². The van der Waals surface area contributed by atoms with E-state index >= 15 is 0 Å². The summed E-state index contributed by atoms with van der Waals surface area (Å²) in [6, 6.07) is 5.97. The number of nitrogens with zero attached hydrogens (tertiary/aromatic N) is 2. The van der Waals surface area contributed by atoms with Crippen LogP contribution >= 0.6 is 11.6 Å². The Morgan fingerprint density at radius 1 is 1.29 bits per heavy atom. The summed E-state index contributed by atoms with van der Waals surface area (Å²) >= 11 is 6.09. The minimum Gasteiger partial charge on any atom is -0.368 e. The Kier molecular flexibility index (Phi) is 4.36. The number of benzene rings is 1. The predicted molar refractivity (Wildman–Crippen MR) is 84.0 cm³/mol. The molecule has 1 atom stereocenters. The normalized spacial score (nSPS) is 22.7. The molecule has 114 valence electrons. The highest BCUT2D eigenvalue weighted by Crippen LogP contribution is 2.25. The van der Waals surface area contributed by atoms with Gasteiger partial charge in [-0.15, -0.1) is 0 Å². The smallest absolute Gasteiger partial charge is 0.251 e. The number of hydrogen-bond acceptors (Lipinski definition) is 3. The number of hydrogen-bond donors (Lipinski definition) is 0. The Morgan fingerprint density at radius 3 is 2.71 bits per heavy atom. The van der Waals surface area contributed by atoms with E-state index in [1.165, 1.54) is 11.3 Å². The minimum absolute atomic E-state index is 0.162. The molecule has 2 aliphatic heterocycles. The summed E-state index contributed by atoms with van der Waals surface area (Å²) in [7, 11) is 0. The van der Waals surface area contributed by atoms with Crippen LogP contribution in [0, 0.1) is 6.92 Å². The van der Waals surface area contributed by atoms with Crippen molar-refractivity contribution in [3.63, 3.8) is 0 Å². The fourth-order valence-corrected chi connectivity index (χ4v) is 3.23. The molecule has 0 unspecified atom stereocenters. The summed E-state index contributed by atoms with van der Waals surface area (Å²) in [6.45, 7) is 6.02. The fraction of sp³-hybridized carbons (Fsp3) is 0.562. The van der Waals surface area contributed by atoms with Gasteiger partial charge in [-0.05, 0) is 37.5 Å². The lowest BCUT2D eigenvalue weighted by Gasteiger charge is -2.37. The summed E-state index contributed by atoms with van der Waals surface area (Å²) in [5.74, 6) is 0.162. The molecular formula is C16H21ClN2O2. The lowest BCUT2D eigenvalue weighted by atomic mass is 10.1. The van der Waals surface area contributed by atoms with Crippen LogP contribution in [-0.2, 0) is 9.53 Å². The minimum atomic E-state index is -0.204. The van der Waals surface area contributed by atoms with Gasteiger partial charge in [-0.2, -0.15) is 0 Å². The standard InChI is InChI=1S/C16H21ClN2O2/c1-12-4-5-13(17)11-14(12)18-6-8-19(9-7-18)16(20)15-3-2-10-21-15/h4-5,11,15H,2-3,6-10H2,1H3/t15-/m1/s1. The maximum Gasteiger partial charge on any atom is 0.251 e. The second-order valence-electron chi connectivity index (χ2n) is 5.74. The summed E-state index contributed by atoms with van der Waals surface area (Å²) in [5, 5.41) is 0.758. The Morgan fingerprint density at radius 2 is 2.05 bits per heavy atom. The van der Waals surface area contributed by atoms with Crippen LogP contribution in [0.3, 0.4) is 0 Å². The molecule has 0 bridgehead atoms. The van der Waals surface area contributed by atoms with Crippen LogP contribution in [0.15, 0.2) is 18.2 Å². The van der Waals surface area contributed by atoms with Gasteiger partial charge < -0.3 is 14.5 Å². The molecule has 21 heavy (non-hydrogen) atoms. The number of carbonyl (C=O) groups excluding carboxylic acids is 1. The second kappa shape index (κ2) is 6.24. The Hall–Kier alpha value is -1.26. The van der Waals surface area contributed by atoms with Crippen molar-refractivity contribution < 1.29 is 9.53 Å². The van der Waals surface area contributed by atoms with Gasteiger partial charge in [0.05, 0.1) is 0 Å². The molecule has 2 saturated heterocycles. The first kappa shape index (κ1) is 14.7. The molecule has 0 aromatic heterocycles. The highest BCUT2D eigenvalue weighted by molar-refractivity contribution is 6.30. The largest absolute Gasteiger partial charge is 0.368 e. The SMILES string of the molecule is Cc1ccc(Cl)cc1N1CCN(C(=O)[C@H]2CCCO2)CC1. The number of rotatable bonds is 2. The molecule has 0 spiro atoms. The average molecular weight is 309 g/mol. The molecule has 0 saturated carbocycles. The van der Waals surface area contributed by atoms with E-state index in [9.17, 15) is 4.79 Å². The number of ether oxygens (including phenoxy) is 1. The monoisotopic (exact) mass is 308 g/mol. The third kappa shape index (κ3) is 3.16. The third-order valence-corrected chi connectivity index (χ3v) is 4.54. The molecule has 2 aliphatic rings. The molecule has 2 fully saturated rings. The molecule has 5 heteroatoms. The highest BCUT2D eigenvalue weighted by atomic mass is 35.5. The first-order valence-electron chi connectivity index (χ1n) is 7.56. The van der Waals surface area contributed by atoms with Crippen LogP contribution in [0.2, 0.25) is 5.02 Å². The zero-order valence-electron chi connectivity index (χ0n) is 12.3. The topological polar surface area (TPSA) is 32.8 Å². The number of carbonyl (C=O) groups is 1. The van der Waals surface area contributed by atoms with Gasteiger partial charge in [-0.3, -0.25) is 4.79 Å². The van der Waals surface area contributed by atoms with Crippen molar-refractivity contribution in [1.82, 2.24) is 4.90 Å². The molecule has 3 rings (SSSR count). The Labute approximate surface area is 130 Å². The van der Waals surface area contributed by atoms with Crippen molar-refractivity contribution in [1.29, 1.82) is 0 Å². The lowest BCUT2D eigenvalue weighted by molar-refractivity contribution is -0.141. The van der Waals surface area contributed by atoms with Crippen molar-refractivity contribution in [3.8, 4) is 0 Å². The molecule has 0 aliphatic carbocycles. The van der Waals surface area contributed by atoms with E-state index in [-0.39, 0.29) is 12.0 Å². The number of halogens is 1. The Balaban J connectivity index is 1.62. The first-order chi connectivity index (χ1) is 10.1. The van der Waals surface area contributed by atoms with Crippen LogP contribution in [0.5, 0.6) is 0 Å². The number of anilines is 1. The summed E-state index contributed by atoms with van der Waals surface area (Å²) in [4.78, 5) is 16.6. The van der Waals surface area contributed by atoms with Crippen molar-refractivity contribution in [2.45, 2.75) is 25.9 Å². The maximum atomic E-state index is 12.3. The average Bonchev–Trinajstić information content (AvgIpc) is 3.03. The van der Waals surface area contributed by atoms with Gasteiger partial charge in [0, 0.05) is 43.5 Å². The van der Waals surface area contributed by atoms with E-state index in [0.717, 1.165) is 50.7 Å². The molecule has 0 radical (unpaired) electrons. The van der Waals surface area contributed by atoms with Crippen LogP contribution in [0.1, 0.15) is 18.4 Å². The molecule has 1 aromatic rings. The van der Waals surface area contributed by atoms with Crippen LogP contribution < -0.4 is 4.90 Å². The molecule has 1 aromatic carbocycles. The number of amides is 1. The molecule has 0 N–H and O–H groups in total. The quantitative estimate of drug-likeness (QED) is 0.841. The van der Waals surface area contributed by atoms with Gasteiger partial charge in [-0.1, -0.05) is 17.7 Å². The van der Waals surface area contributed by atoms with E-state index in [0.29, 0.717) is 0 Å². The fourth-order valence-electron chi connectivity index (χ4n) is 3.07. The van der Waals surface area contributed by atoms with Gasteiger partial charge in [0.1, 0.15) is 6.10 Å². The van der Waals surface area contributed by atoms with Gasteiger partial charge in [0.15, 0.2) is 0 Å². The van der Waals surface area contributed by atoms with Crippen LogP contribution in [-0.4, -0.2) is 49.7 Å². The van der Waals surface area contributed by atoms with Gasteiger partial charge in [0.25, 0.3) is 5.91 Å². The Bertz CT molecular complexity index is 521. The van der Waals surface area contributed by atoms with Gasteiger partial charge in [-0.25, -0.2) is 0 Å². The summed E-state index contributed by atoms with van der Waals surface area (Å²) in [6.07, 6.45) is 1.66. The van der Waals surface area contributed by atoms with Crippen molar-refractivity contribution >= 4 is 23.2 Å². The van der Waals surface area contributed by atoms with Crippen molar-refractivity contribution in [2.24, 2.45) is 0 Å². The highest BCUT2D eigenvalue weighted by Gasteiger charge is 2.30. The molecule has 4 nitrogen and oxygen atoms in total. The zero-order chi connectivity index (χ0) is 14.8. The van der Waals surface area contributed by atoms with E-state index < -0.39 is 0 Å². The van der Waals surface area contributed by atoms with Crippen molar-refractivity contribution in [3.05, 3.63) is 28.8 Å². The van der Waals surface area contributed by atoms with Crippen LogP contribution in [0.4, 0.5) is 5.69 Å². The van der Waals surface area contributed by atoms with E-state index in [1.54, 1.807) is 0 Å². The molecular weight excluding hydrogens is 288 g/mol. The predicted octanol–water partition coefficient (Wildman–Crippen LogP) is 2.48. The zero-order valence-corrected chi connectivity index (χ0v) is 13.1. The molecule has 1 amide bonds. The first-order valence-corrected chi connectivity index (χ1v) is 7.94. The third-order valence-electron chi connectivity index (χ3n) is 4.31. The maximum absolute atomic E-state index is 12.3. The summed E-state index contributed by atoms with van der Waals surface area (Å²) < 4.78 is 5.49. The van der Waals surface area contributed by atoms with Gasteiger partial charge in [0.2, 0.25) is 0 Å².